The number of sulfone groups is 1. The third-order valence-corrected chi connectivity index (χ3v) is 8.54. The lowest BCUT2D eigenvalue weighted by Gasteiger charge is -2.17. The largest absolute Gasteiger partial charge is 0.382 e. The molecule has 0 bridgehead atoms. The first-order valence-electron chi connectivity index (χ1n) is 9.91. The van der Waals surface area contributed by atoms with Crippen LogP contribution in [-0.2, 0) is 36.4 Å². The molecule has 0 spiro atoms. The molecule has 0 saturated carbocycles. The van der Waals surface area contributed by atoms with Crippen LogP contribution in [0, 0.1) is 0 Å². The molecule has 10 nitrogen and oxygen atoms in total. The summed E-state index contributed by atoms with van der Waals surface area (Å²) in [5.74, 6) is -0.360. The van der Waals surface area contributed by atoms with Crippen LogP contribution in [0.1, 0.15) is 19.4 Å². The van der Waals surface area contributed by atoms with E-state index in [-0.39, 0.29) is 35.9 Å². The number of nitrogen functional groups attached to an aromatic ring is 1. The topological polar surface area (TPSA) is 139 Å². The van der Waals surface area contributed by atoms with Gasteiger partial charge in [-0.3, -0.25) is 9.13 Å². The molecule has 0 aliphatic carbocycles. The van der Waals surface area contributed by atoms with E-state index in [2.05, 4.69) is 15.0 Å². The number of aromatic nitrogens is 4. The van der Waals surface area contributed by atoms with Crippen LogP contribution < -0.4 is 5.73 Å². The number of nitrogens with zero attached hydrogens (tertiary/aromatic N) is 4. The van der Waals surface area contributed by atoms with E-state index in [1.165, 1.54) is 10.9 Å². The maximum absolute atomic E-state index is 13.2. The Balaban J connectivity index is 1.95. The van der Waals surface area contributed by atoms with Crippen LogP contribution in [0.2, 0.25) is 0 Å². The molecule has 168 valence electrons. The summed E-state index contributed by atoms with van der Waals surface area (Å²) < 4.78 is 51.1. The molecule has 0 aliphatic heterocycles. The quantitative estimate of drug-likeness (QED) is 0.422. The van der Waals surface area contributed by atoms with Crippen molar-refractivity contribution < 1.29 is 22.0 Å². The number of aryl methyl sites for hydroxylation is 2. The molecule has 0 fully saturated rings. The highest BCUT2D eigenvalue weighted by Gasteiger charge is 2.31. The van der Waals surface area contributed by atoms with Crippen molar-refractivity contribution in [2.45, 2.75) is 32.0 Å². The fourth-order valence-electron chi connectivity index (χ4n) is 3.14. The second kappa shape index (κ2) is 9.86. The summed E-state index contributed by atoms with van der Waals surface area (Å²) in [6.07, 6.45) is 1.56. The van der Waals surface area contributed by atoms with E-state index in [1.54, 1.807) is 13.8 Å². The van der Waals surface area contributed by atoms with Crippen molar-refractivity contribution in [1.82, 2.24) is 19.5 Å². The van der Waals surface area contributed by atoms with Gasteiger partial charge < -0.3 is 14.8 Å². The molecule has 2 aromatic heterocycles. The van der Waals surface area contributed by atoms with Gasteiger partial charge in [0.25, 0.3) is 0 Å². The fraction of sp³-hybridized carbons (Fsp3) is 0.421. The van der Waals surface area contributed by atoms with Gasteiger partial charge in [-0.2, -0.15) is 0 Å². The zero-order valence-corrected chi connectivity index (χ0v) is 19.2. The lowest BCUT2D eigenvalue weighted by molar-refractivity contribution is 0.221. The van der Waals surface area contributed by atoms with E-state index < -0.39 is 23.2 Å². The van der Waals surface area contributed by atoms with Crippen molar-refractivity contribution in [2.75, 3.05) is 30.9 Å². The maximum atomic E-state index is 13.2. The van der Waals surface area contributed by atoms with E-state index in [1.807, 2.05) is 30.3 Å². The average Bonchev–Trinajstić information content (AvgIpc) is 3.13. The van der Waals surface area contributed by atoms with Gasteiger partial charge in [0.05, 0.1) is 25.1 Å². The Bertz CT molecular complexity index is 1170. The molecule has 3 rings (SSSR count). The van der Waals surface area contributed by atoms with Crippen molar-refractivity contribution in [3.63, 3.8) is 0 Å². The summed E-state index contributed by atoms with van der Waals surface area (Å²) in [7, 11) is -7.47. The highest BCUT2D eigenvalue weighted by Crippen LogP contribution is 2.48. The van der Waals surface area contributed by atoms with Gasteiger partial charge in [-0.1, -0.05) is 30.3 Å². The van der Waals surface area contributed by atoms with Crippen molar-refractivity contribution in [3.8, 4) is 0 Å². The molecule has 0 amide bonds. The molecular weight excluding hydrogens is 441 g/mol. The summed E-state index contributed by atoms with van der Waals surface area (Å²) in [5, 5.41) is -0.190. The molecule has 0 radical (unpaired) electrons. The maximum Gasteiger partial charge on any atom is 0.331 e. The van der Waals surface area contributed by atoms with Crippen molar-refractivity contribution >= 4 is 34.4 Å². The molecule has 0 aliphatic rings. The smallest absolute Gasteiger partial charge is 0.331 e. The van der Waals surface area contributed by atoms with Gasteiger partial charge in [-0.05, 0) is 25.8 Å². The van der Waals surface area contributed by atoms with Crippen LogP contribution in [0.4, 0.5) is 5.82 Å². The minimum absolute atomic E-state index is 0.0919. The van der Waals surface area contributed by atoms with Gasteiger partial charge in [-0.25, -0.2) is 23.4 Å². The Morgan fingerprint density at radius 3 is 2.42 bits per heavy atom. The van der Waals surface area contributed by atoms with E-state index in [0.29, 0.717) is 18.6 Å². The Morgan fingerprint density at radius 2 is 1.77 bits per heavy atom. The number of hydrogen-bond donors (Lipinski definition) is 1. The van der Waals surface area contributed by atoms with Crippen LogP contribution in [0.25, 0.3) is 11.2 Å². The lowest BCUT2D eigenvalue weighted by atomic mass is 10.1. The molecular formula is C19H26N5O5PS. The van der Waals surface area contributed by atoms with Gasteiger partial charge in [0.2, 0.25) is 15.0 Å². The summed E-state index contributed by atoms with van der Waals surface area (Å²) >= 11 is 0. The third kappa shape index (κ3) is 5.48. The second-order valence-electron chi connectivity index (χ2n) is 6.70. The fourth-order valence-corrected chi connectivity index (χ4v) is 7.04. The number of fused-ring (bicyclic) bond motifs is 1. The summed E-state index contributed by atoms with van der Waals surface area (Å²) in [5.41, 5.74) is 7.49. The number of nitrogens with two attached hydrogens (primary N) is 1. The second-order valence-corrected chi connectivity index (χ2v) is 10.9. The van der Waals surface area contributed by atoms with E-state index in [0.717, 1.165) is 5.56 Å². The Morgan fingerprint density at radius 1 is 1.10 bits per heavy atom. The Labute approximate surface area is 181 Å². The van der Waals surface area contributed by atoms with E-state index >= 15 is 0 Å². The zero-order chi connectivity index (χ0) is 22.5. The molecule has 1 aromatic carbocycles. The molecule has 3 aromatic rings. The normalized spacial score (nSPS) is 12.5. The predicted molar refractivity (Wildman–Crippen MR) is 118 cm³/mol. The van der Waals surface area contributed by atoms with E-state index in [9.17, 15) is 13.0 Å². The van der Waals surface area contributed by atoms with Gasteiger partial charge in [0.1, 0.15) is 6.33 Å². The molecule has 0 saturated heterocycles. The zero-order valence-electron chi connectivity index (χ0n) is 17.5. The first-order valence-corrected chi connectivity index (χ1v) is 13.3. The molecule has 12 heteroatoms. The van der Waals surface area contributed by atoms with Crippen molar-refractivity contribution in [3.05, 3.63) is 42.2 Å². The van der Waals surface area contributed by atoms with Gasteiger partial charge >= 0.3 is 7.60 Å². The predicted octanol–water partition coefficient (Wildman–Crippen LogP) is 2.69. The summed E-state index contributed by atoms with van der Waals surface area (Å²) in [4.78, 5) is 12.3. The van der Waals surface area contributed by atoms with Crippen LogP contribution in [0.5, 0.6) is 0 Å². The van der Waals surface area contributed by atoms with Crippen LogP contribution in [0.15, 0.2) is 41.8 Å². The van der Waals surface area contributed by atoms with Crippen molar-refractivity contribution in [2.24, 2.45) is 0 Å². The van der Waals surface area contributed by atoms with Crippen molar-refractivity contribution in [1.29, 1.82) is 0 Å². The lowest BCUT2D eigenvalue weighted by Crippen LogP contribution is -2.18. The Kier molecular flexibility index (Phi) is 7.42. The first kappa shape index (κ1) is 23.3. The molecule has 2 N–H and O–H groups in total. The monoisotopic (exact) mass is 467 g/mol. The SMILES string of the molecule is CCOP(=O)(CCS(=O)(=O)c1nc2c(N)ncnc2n1CCc1ccccc1)OCC. The minimum Gasteiger partial charge on any atom is -0.382 e. The molecule has 0 unspecified atom stereocenters. The number of hydrogen-bond acceptors (Lipinski definition) is 9. The number of benzene rings is 1. The molecule has 2 heterocycles. The van der Waals surface area contributed by atoms with Crippen LogP contribution in [0.3, 0.4) is 0 Å². The summed E-state index contributed by atoms with van der Waals surface area (Å²) in [6.45, 7) is 3.97. The Hall–Kier alpha value is -2.33. The highest BCUT2D eigenvalue weighted by atomic mass is 32.2. The standard InChI is InChI=1S/C19H26N5O5PS/c1-3-28-30(25,29-4-2)12-13-31(26,27)19-23-16-17(20)21-14-22-18(16)24(19)11-10-15-8-6-5-7-9-15/h5-9,14H,3-4,10-13H2,1-2H3,(H2,20,21,22). The van der Waals surface area contributed by atoms with E-state index in [4.69, 9.17) is 14.8 Å². The number of rotatable bonds is 11. The van der Waals surface area contributed by atoms with Crippen LogP contribution >= 0.6 is 7.60 Å². The highest BCUT2D eigenvalue weighted by molar-refractivity contribution is 7.91. The van der Waals surface area contributed by atoms with Gasteiger partial charge in [0, 0.05) is 6.54 Å². The first-order chi connectivity index (χ1) is 14.8. The average molecular weight is 467 g/mol. The van der Waals surface area contributed by atoms with Gasteiger partial charge in [-0.15, -0.1) is 0 Å². The number of anilines is 1. The third-order valence-electron chi connectivity index (χ3n) is 4.56. The molecule has 31 heavy (non-hydrogen) atoms. The number of imidazole rings is 1. The summed E-state index contributed by atoms with van der Waals surface area (Å²) in [6, 6.07) is 9.65. The van der Waals surface area contributed by atoms with Gasteiger partial charge in [0.15, 0.2) is 17.0 Å². The molecule has 0 atom stereocenters. The van der Waals surface area contributed by atoms with Crippen LogP contribution in [-0.4, -0.2) is 53.1 Å². The minimum atomic E-state index is -3.95.